The predicted octanol–water partition coefficient (Wildman–Crippen LogP) is 2.83. The van der Waals surface area contributed by atoms with E-state index in [1.807, 2.05) is 6.07 Å². The molecule has 14 heavy (non-hydrogen) atoms. The van der Waals surface area contributed by atoms with Crippen LogP contribution < -0.4 is 0 Å². The second-order valence-corrected chi connectivity index (χ2v) is 4.92. The van der Waals surface area contributed by atoms with Crippen LogP contribution in [0.5, 0.6) is 0 Å². The summed E-state index contributed by atoms with van der Waals surface area (Å²) >= 11 is 1.58. The number of aliphatic hydroxyl groups is 1. The number of benzene rings is 1. The van der Waals surface area contributed by atoms with Crippen molar-refractivity contribution in [1.82, 2.24) is 0 Å². The van der Waals surface area contributed by atoms with Crippen molar-refractivity contribution in [3.8, 4) is 0 Å². The fourth-order valence-electron chi connectivity index (χ4n) is 1.76. The molecule has 0 aliphatic heterocycles. The molecule has 1 aliphatic carbocycles. The van der Waals surface area contributed by atoms with Crippen LogP contribution in [-0.2, 0) is 0 Å². The van der Waals surface area contributed by atoms with Crippen LogP contribution in [0, 0.1) is 5.82 Å². The normalized spacial score (nSPS) is 26.7. The van der Waals surface area contributed by atoms with Crippen LogP contribution in [0.2, 0.25) is 0 Å². The molecule has 1 N–H and O–H groups in total. The molecule has 0 saturated heterocycles. The number of halogens is 1. The molecule has 0 bridgehead atoms. The summed E-state index contributed by atoms with van der Waals surface area (Å²) in [6.07, 6.45) is 2.77. The maximum Gasteiger partial charge on any atom is 0.124 e. The Hall–Kier alpha value is -0.540. The number of rotatable bonds is 2. The third-order valence-corrected chi connectivity index (χ3v) is 3.88. The first-order valence-electron chi connectivity index (χ1n) is 4.86. The van der Waals surface area contributed by atoms with Gasteiger partial charge in [0.25, 0.3) is 0 Å². The number of hydrogen-bond donors (Lipinski definition) is 1. The third kappa shape index (κ3) is 2.28. The Labute approximate surface area is 87.3 Å². The van der Waals surface area contributed by atoms with Gasteiger partial charge in [0.1, 0.15) is 5.82 Å². The lowest BCUT2D eigenvalue weighted by Crippen LogP contribution is -2.14. The van der Waals surface area contributed by atoms with E-state index in [9.17, 15) is 9.50 Å². The van der Waals surface area contributed by atoms with Crippen molar-refractivity contribution in [3.05, 3.63) is 30.1 Å². The molecule has 2 atom stereocenters. The van der Waals surface area contributed by atoms with Gasteiger partial charge in [-0.2, -0.15) is 0 Å². The Morgan fingerprint density at radius 2 is 2.21 bits per heavy atom. The SMILES string of the molecule is O[C@H]1CCC[C@@H]1Sc1cccc(F)c1. The van der Waals surface area contributed by atoms with Crippen LogP contribution in [0.25, 0.3) is 0 Å². The maximum absolute atomic E-state index is 12.9. The smallest absolute Gasteiger partial charge is 0.124 e. The predicted molar refractivity (Wildman–Crippen MR) is 55.9 cm³/mol. The van der Waals surface area contributed by atoms with Gasteiger partial charge in [-0.05, 0) is 37.5 Å². The van der Waals surface area contributed by atoms with E-state index >= 15 is 0 Å². The van der Waals surface area contributed by atoms with Gasteiger partial charge >= 0.3 is 0 Å². The van der Waals surface area contributed by atoms with Crippen molar-refractivity contribution < 1.29 is 9.50 Å². The first-order valence-corrected chi connectivity index (χ1v) is 5.74. The van der Waals surface area contributed by atoms with Crippen LogP contribution >= 0.6 is 11.8 Å². The highest BCUT2D eigenvalue weighted by Gasteiger charge is 2.25. The summed E-state index contributed by atoms with van der Waals surface area (Å²) < 4.78 is 12.9. The Kier molecular flexibility index (Phi) is 3.08. The molecule has 0 amide bonds. The van der Waals surface area contributed by atoms with Gasteiger partial charge < -0.3 is 5.11 Å². The van der Waals surface area contributed by atoms with Crippen molar-refractivity contribution in [2.75, 3.05) is 0 Å². The van der Waals surface area contributed by atoms with Crippen LogP contribution in [-0.4, -0.2) is 16.5 Å². The third-order valence-electron chi connectivity index (χ3n) is 2.50. The Morgan fingerprint density at radius 1 is 1.36 bits per heavy atom. The van der Waals surface area contributed by atoms with Crippen molar-refractivity contribution >= 4 is 11.8 Å². The molecule has 76 valence electrons. The van der Waals surface area contributed by atoms with E-state index in [1.165, 1.54) is 12.1 Å². The molecule has 1 nitrogen and oxygen atoms in total. The minimum atomic E-state index is -0.219. The molecule has 0 aromatic heterocycles. The van der Waals surface area contributed by atoms with Gasteiger partial charge in [-0.1, -0.05) is 6.07 Å². The molecule has 1 fully saturated rings. The average molecular weight is 212 g/mol. The molecule has 1 aliphatic rings. The molecule has 0 spiro atoms. The second kappa shape index (κ2) is 4.32. The minimum absolute atomic E-state index is 0.206. The summed E-state index contributed by atoms with van der Waals surface area (Å²) in [6.45, 7) is 0. The summed E-state index contributed by atoms with van der Waals surface area (Å²) in [6, 6.07) is 6.56. The fraction of sp³-hybridized carbons (Fsp3) is 0.455. The molecule has 0 heterocycles. The molecule has 1 aromatic carbocycles. The molecule has 1 aromatic rings. The highest BCUT2D eigenvalue weighted by atomic mass is 32.2. The number of aliphatic hydroxyl groups excluding tert-OH is 1. The molecule has 0 unspecified atom stereocenters. The van der Waals surface area contributed by atoms with Gasteiger partial charge in [0.2, 0.25) is 0 Å². The van der Waals surface area contributed by atoms with E-state index in [0.717, 1.165) is 24.2 Å². The largest absolute Gasteiger partial charge is 0.392 e. The van der Waals surface area contributed by atoms with E-state index < -0.39 is 0 Å². The first kappa shape index (κ1) is 9.99. The quantitative estimate of drug-likeness (QED) is 0.813. The highest BCUT2D eigenvalue weighted by molar-refractivity contribution is 8.00. The Balaban J connectivity index is 2.03. The van der Waals surface area contributed by atoms with Crippen LogP contribution in [0.4, 0.5) is 4.39 Å². The fourth-order valence-corrected chi connectivity index (χ4v) is 3.02. The summed E-state index contributed by atoms with van der Waals surface area (Å²) in [5.41, 5.74) is 0. The number of thioether (sulfide) groups is 1. The van der Waals surface area contributed by atoms with E-state index in [-0.39, 0.29) is 17.2 Å². The second-order valence-electron chi connectivity index (χ2n) is 3.61. The molecular weight excluding hydrogens is 199 g/mol. The van der Waals surface area contributed by atoms with Crippen molar-refractivity contribution in [2.24, 2.45) is 0 Å². The van der Waals surface area contributed by atoms with Gasteiger partial charge in [-0.25, -0.2) is 4.39 Å². The Bertz CT molecular complexity index is 316. The van der Waals surface area contributed by atoms with Crippen LogP contribution in [0.1, 0.15) is 19.3 Å². The van der Waals surface area contributed by atoms with E-state index in [0.29, 0.717) is 0 Å². The molecule has 2 rings (SSSR count). The minimum Gasteiger partial charge on any atom is -0.392 e. The monoisotopic (exact) mass is 212 g/mol. The van der Waals surface area contributed by atoms with Crippen LogP contribution in [0.15, 0.2) is 29.2 Å². The van der Waals surface area contributed by atoms with Gasteiger partial charge in [-0.15, -0.1) is 11.8 Å². The molecular formula is C11H13FOS. The lowest BCUT2D eigenvalue weighted by Gasteiger charge is -2.13. The summed E-state index contributed by atoms with van der Waals surface area (Å²) in [7, 11) is 0. The zero-order valence-corrected chi connectivity index (χ0v) is 8.64. The molecule has 1 saturated carbocycles. The van der Waals surface area contributed by atoms with E-state index in [2.05, 4.69) is 0 Å². The zero-order valence-electron chi connectivity index (χ0n) is 7.82. The lowest BCUT2D eigenvalue weighted by molar-refractivity contribution is 0.188. The lowest BCUT2D eigenvalue weighted by atomic mass is 10.3. The highest BCUT2D eigenvalue weighted by Crippen LogP contribution is 2.34. The summed E-state index contributed by atoms with van der Waals surface area (Å²) in [4.78, 5) is 0.913. The molecule has 0 radical (unpaired) electrons. The average Bonchev–Trinajstić information content (AvgIpc) is 2.52. The van der Waals surface area contributed by atoms with E-state index in [1.54, 1.807) is 17.8 Å². The standard InChI is InChI=1S/C11H13FOS/c12-8-3-1-4-9(7-8)14-11-6-2-5-10(11)13/h1,3-4,7,10-11,13H,2,5-6H2/t10-,11-/m0/s1. The topological polar surface area (TPSA) is 20.2 Å². The van der Waals surface area contributed by atoms with Gasteiger partial charge in [-0.3, -0.25) is 0 Å². The summed E-state index contributed by atoms with van der Waals surface area (Å²) in [5, 5.41) is 9.85. The zero-order chi connectivity index (χ0) is 9.97. The van der Waals surface area contributed by atoms with Gasteiger partial charge in [0, 0.05) is 10.1 Å². The number of hydrogen-bond acceptors (Lipinski definition) is 2. The van der Waals surface area contributed by atoms with Crippen molar-refractivity contribution in [2.45, 2.75) is 35.5 Å². The van der Waals surface area contributed by atoms with Gasteiger partial charge in [0.05, 0.1) is 6.10 Å². The molecule has 3 heteroatoms. The van der Waals surface area contributed by atoms with Crippen molar-refractivity contribution in [1.29, 1.82) is 0 Å². The van der Waals surface area contributed by atoms with E-state index in [4.69, 9.17) is 0 Å². The maximum atomic E-state index is 12.9. The Morgan fingerprint density at radius 3 is 2.86 bits per heavy atom. The van der Waals surface area contributed by atoms with Gasteiger partial charge in [0.15, 0.2) is 0 Å². The van der Waals surface area contributed by atoms with Crippen LogP contribution in [0.3, 0.4) is 0 Å². The first-order chi connectivity index (χ1) is 6.75. The van der Waals surface area contributed by atoms with Crippen molar-refractivity contribution in [3.63, 3.8) is 0 Å². The summed E-state index contributed by atoms with van der Waals surface area (Å²) in [5.74, 6) is -0.206.